The molecule has 1 unspecified atom stereocenters. The molecule has 140 valence electrons. The van der Waals surface area contributed by atoms with Crippen molar-refractivity contribution in [3.05, 3.63) is 58.6 Å². The maximum Gasteiger partial charge on any atom is 0.238 e. The predicted octanol–water partition coefficient (Wildman–Crippen LogP) is 3.87. The minimum absolute atomic E-state index is 0.0808. The number of nitrogens with one attached hydrogen (secondary N) is 1. The molecule has 1 atom stereocenters. The molecule has 1 aliphatic heterocycles. The summed E-state index contributed by atoms with van der Waals surface area (Å²) in [6.45, 7) is 1.23. The van der Waals surface area contributed by atoms with Gasteiger partial charge in [0.05, 0.1) is 24.2 Å². The van der Waals surface area contributed by atoms with Crippen LogP contribution in [0.3, 0.4) is 0 Å². The van der Waals surface area contributed by atoms with Crippen LogP contribution in [0.5, 0.6) is 5.75 Å². The Bertz CT molecular complexity index is 863. The zero-order valence-corrected chi connectivity index (χ0v) is 16.0. The standard InChI is InChI=1S/C21H22ClN3O2/c1-27-20-7-3-2-5-15(20)11-18-6-4-10-25(18)14-21(26)24-17-9-8-16(13-23)19(22)12-17/h2-3,5,7-9,12,18H,4,6,10-11,14H2,1H3,(H,24,26). The van der Waals surface area contributed by atoms with Crippen molar-refractivity contribution in [2.45, 2.75) is 25.3 Å². The number of halogens is 1. The van der Waals surface area contributed by atoms with E-state index in [0.717, 1.165) is 37.1 Å². The van der Waals surface area contributed by atoms with E-state index >= 15 is 0 Å². The van der Waals surface area contributed by atoms with Crippen LogP contribution in [0, 0.1) is 11.3 Å². The van der Waals surface area contributed by atoms with E-state index in [1.165, 1.54) is 0 Å². The topological polar surface area (TPSA) is 65.4 Å². The first kappa shape index (κ1) is 19.2. The summed E-state index contributed by atoms with van der Waals surface area (Å²) in [4.78, 5) is 14.7. The number of amides is 1. The van der Waals surface area contributed by atoms with Gasteiger partial charge in [-0.3, -0.25) is 9.69 Å². The number of hydrogen-bond donors (Lipinski definition) is 1. The van der Waals surface area contributed by atoms with Crippen LogP contribution in [0.4, 0.5) is 5.69 Å². The fourth-order valence-electron chi connectivity index (χ4n) is 3.53. The SMILES string of the molecule is COc1ccccc1CC1CCCN1CC(=O)Nc1ccc(C#N)c(Cl)c1. The quantitative estimate of drug-likeness (QED) is 0.822. The van der Waals surface area contributed by atoms with Crippen LogP contribution >= 0.6 is 11.6 Å². The van der Waals surface area contributed by atoms with Crippen molar-refractivity contribution in [1.82, 2.24) is 4.90 Å². The Hall–Kier alpha value is -2.55. The molecule has 2 aromatic carbocycles. The zero-order chi connectivity index (χ0) is 19.2. The molecule has 1 heterocycles. The lowest BCUT2D eigenvalue weighted by Gasteiger charge is -2.24. The van der Waals surface area contributed by atoms with Crippen molar-refractivity contribution < 1.29 is 9.53 Å². The second-order valence-electron chi connectivity index (χ2n) is 6.64. The van der Waals surface area contributed by atoms with Crippen LogP contribution in [0.2, 0.25) is 5.02 Å². The lowest BCUT2D eigenvalue weighted by atomic mass is 10.0. The van der Waals surface area contributed by atoms with Crippen LogP contribution in [-0.4, -0.2) is 37.0 Å². The Morgan fingerprint density at radius 2 is 2.19 bits per heavy atom. The fraction of sp³-hybridized carbons (Fsp3) is 0.333. The fourth-order valence-corrected chi connectivity index (χ4v) is 3.75. The van der Waals surface area contributed by atoms with Crippen molar-refractivity contribution >= 4 is 23.2 Å². The van der Waals surface area contributed by atoms with Crippen molar-refractivity contribution in [3.8, 4) is 11.8 Å². The molecular formula is C21H22ClN3O2. The lowest BCUT2D eigenvalue weighted by molar-refractivity contribution is -0.117. The number of ether oxygens (including phenoxy) is 1. The highest BCUT2D eigenvalue weighted by Gasteiger charge is 2.27. The van der Waals surface area contributed by atoms with E-state index in [2.05, 4.69) is 16.3 Å². The van der Waals surface area contributed by atoms with E-state index < -0.39 is 0 Å². The Labute approximate surface area is 164 Å². The monoisotopic (exact) mass is 383 g/mol. The molecule has 6 heteroatoms. The number of carbonyl (C=O) groups excluding carboxylic acids is 1. The molecule has 3 rings (SSSR count). The van der Waals surface area contributed by atoms with Gasteiger partial charge in [0.1, 0.15) is 11.8 Å². The smallest absolute Gasteiger partial charge is 0.238 e. The molecule has 1 saturated heterocycles. The van der Waals surface area contributed by atoms with E-state index in [0.29, 0.717) is 28.9 Å². The van der Waals surface area contributed by atoms with Crippen LogP contribution in [-0.2, 0) is 11.2 Å². The molecule has 0 radical (unpaired) electrons. The van der Waals surface area contributed by atoms with Gasteiger partial charge in [0.25, 0.3) is 0 Å². The van der Waals surface area contributed by atoms with Gasteiger partial charge in [-0.1, -0.05) is 29.8 Å². The van der Waals surface area contributed by atoms with E-state index in [-0.39, 0.29) is 5.91 Å². The molecule has 0 aromatic heterocycles. The maximum atomic E-state index is 12.5. The molecule has 27 heavy (non-hydrogen) atoms. The molecule has 0 saturated carbocycles. The number of nitriles is 1. The molecule has 1 amide bonds. The van der Waals surface area contributed by atoms with Crippen molar-refractivity contribution in [3.63, 3.8) is 0 Å². The van der Waals surface area contributed by atoms with E-state index in [4.69, 9.17) is 21.6 Å². The average Bonchev–Trinajstić information content (AvgIpc) is 3.09. The van der Waals surface area contributed by atoms with Gasteiger partial charge >= 0.3 is 0 Å². The van der Waals surface area contributed by atoms with Crippen molar-refractivity contribution in [2.75, 3.05) is 25.5 Å². The molecule has 1 N–H and O–H groups in total. The summed E-state index contributed by atoms with van der Waals surface area (Å²) in [6, 6.07) is 15.3. The highest BCUT2D eigenvalue weighted by molar-refractivity contribution is 6.32. The molecule has 1 aliphatic rings. The van der Waals surface area contributed by atoms with Gasteiger partial charge in [0.15, 0.2) is 0 Å². The molecule has 1 fully saturated rings. The van der Waals surface area contributed by atoms with E-state index in [1.807, 2.05) is 24.3 Å². The Morgan fingerprint density at radius 3 is 2.93 bits per heavy atom. The van der Waals surface area contributed by atoms with Gasteiger partial charge in [0.2, 0.25) is 5.91 Å². The number of likely N-dealkylation sites (tertiary alicyclic amines) is 1. The zero-order valence-electron chi connectivity index (χ0n) is 15.2. The predicted molar refractivity (Wildman–Crippen MR) is 106 cm³/mol. The second kappa shape index (κ2) is 8.90. The highest BCUT2D eigenvalue weighted by atomic mass is 35.5. The molecule has 0 bridgehead atoms. The van der Waals surface area contributed by atoms with Crippen LogP contribution in [0.25, 0.3) is 0 Å². The third-order valence-corrected chi connectivity index (χ3v) is 5.18. The number of nitrogens with zero attached hydrogens (tertiary/aromatic N) is 2. The molecule has 5 nitrogen and oxygen atoms in total. The number of anilines is 1. The number of methoxy groups -OCH3 is 1. The highest BCUT2D eigenvalue weighted by Crippen LogP contribution is 2.26. The van der Waals surface area contributed by atoms with Crippen LogP contribution in [0.15, 0.2) is 42.5 Å². The number of carbonyl (C=O) groups is 1. The number of benzene rings is 2. The third-order valence-electron chi connectivity index (χ3n) is 4.87. The van der Waals surface area contributed by atoms with E-state index in [9.17, 15) is 4.79 Å². The average molecular weight is 384 g/mol. The minimum atomic E-state index is -0.0808. The Balaban J connectivity index is 1.61. The first-order valence-electron chi connectivity index (χ1n) is 8.96. The van der Waals surface area contributed by atoms with Gasteiger partial charge in [-0.25, -0.2) is 0 Å². The Morgan fingerprint density at radius 1 is 1.37 bits per heavy atom. The summed E-state index contributed by atoms with van der Waals surface area (Å²) in [5.41, 5.74) is 2.16. The lowest BCUT2D eigenvalue weighted by Crippen LogP contribution is -2.37. The van der Waals surface area contributed by atoms with Gasteiger partial charge in [-0.05, 0) is 55.6 Å². The maximum absolute atomic E-state index is 12.5. The summed E-state index contributed by atoms with van der Waals surface area (Å²) >= 11 is 6.03. The largest absolute Gasteiger partial charge is 0.496 e. The summed E-state index contributed by atoms with van der Waals surface area (Å²) in [5.74, 6) is 0.809. The summed E-state index contributed by atoms with van der Waals surface area (Å²) in [7, 11) is 1.68. The second-order valence-corrected chi connectivity index (χ2v) is 7.04. The number of para-hydroxylation sites is 1. The van der Waals surface area contributed by atoms with Gasteiger partial charge in [-0.2, -0.15) is 5.26 Å². The number of rotatable bonds is 6. The Kier molecular flexibility index (Phi) is 6.33. The van der Waals surface area contributed by atoms with Crippen molar-refractivity contribution in [1.29, 1.82) is 5.26 Å². The van der Waals surface area contributed by atoms with E-state index in [1.54, 1.807) is 25.3 Å². The summed E-state index contributed by atoms with van der Waals surface area (Å²) in [5, 5.41) is 12.1. The first-order chi connectivity index (χ1) is 13.1. The van der Waals surface area contributed by atoms with Crippen molar-refractivity contribution in [2.24, 2.45) is 0 Å². The summed E-state index contributed by atoms with van der Waals surface area (Å²) < 4.78 is 5.45. The minimum Gasteiger partial charge on any atom is -0.496 e. The van der Waals surface area contributed by atoms with Crippen LogP contribution < -0.4 is 10.1 Å². The summed E-state index contributed by atoms with van der Waals surface area (Å²) in [6.07, 6.45) is 3.00. The number of hydrogen-bond acceptors (Lipinski definition) is 4. The molecule has 2 aromatic rings. The molecule has 0 aliphatic carbocycles. The molecule has 0 spiro atoms. The first-order valence-corrected chi connectivity index (χ1v) is 9.34. The van der Waals surface area contributed by atoms with Gasteiger partial charge in [0, 0.05) is 11.7 Å². The van der Waals surface area contributed by atoms with Gasteiger partial charge in [-0.15, -0.1) is 0 Å². The van der Waals surface area contributed by atoms with Crippen LogP contribution in [0.1, 0.15) is 24.0 Å². The molecular weight excluding hydrogens is 362 g/mol. The normalized spacial score (nSPS) is 16.7. The van der Waals surface area contributed by atoms with Gasteiger partial charge < -0.3 is 10.1 Å². The third kappa shape index (κ3) is 4.79.